The topological polar surface area (TPSA) is 176 Å². The number of likely N-dealkylation sites (tertiary alicyclic amines) is 2. The van der Waals surface area contributed by atoms with Gasteiger partial charge in [-0.05, 0) is 49.7 Å². The van der Waals surface area contributed by atoms with Crippen LogP contribution >= 0.6 is 0 Å². The second-order valence-electron chi connectivity index (χ2n) is 16.4. The Labute approximate surface area is 344 Å². The molecule has 0 saturated carbocycles. The van der Waals surface area contributed by atoms with Crippen molar-refractivity contribution in [2.45, 2.75) is 77.5 Å². The fraction of sp³-hybridized carbons (Fsp3) is 0.477. The lowest BCUT2D eigenvalue weighted by atomic mass is 9.89. The summed E-state index contributed by atoms with van der Waals surface area (Å²) in [4.78, 5) is 59.5. The summed E-state index contributed by atoms with van der Waals surface area (Å²) in [5, 5.41) is 5.94. The van der Waals surface area contributed by atoms with Gasteiger partial charge in [-0.3, -0.25) is 14.9 Å². The highest BCUT2D eigenvalue weighted by Gasteiger charge is 2.39. The third-order valence-corrected chi connectivity index (χ3v) is 12.0. The number of methoxy groups -OCH3 is 2. The van der Waals surface area contributed by atoms with Gasteiger partial charge in [-0.1, -0.05) is 52.0 Å². The fourth-order valence-electron chi connectivity index (χ4n) is 8.84. The Morgan fingerprint density at radius 2 is 1.25 bits per heavy atom. The van der Waals surface area contributed by atoms with Crippen LogP contribution in [0.1, 0.15) is 88.2 Å². The smallest absolute Gasteiger partial charge is 0.407 e. The maximum atomic E-state index is 13.6. The predicted molar refractivity (Wildman–Crippen MR) is 221 cm³/mol. The van der Waals surface area contributed by atoms with Crippen LogP contribution in [0.3, 0.4) is 0 Å². The van der Waals surface area contributed by atoms with Crippen LogP contribution in [0.5, 0.6) is 11.5 Å². The lowest BCUT2D eigenvalue weighted by molar-refractivity contribution is -0.136. The van der Waals surface area contributed by atoms with Gasteiger partial charge >= 0.3 is 6.09 Å². The molecule has 8 rings (SSSR count). The molecule has 59 heavy (non-hydrogen) atoms. The van der Waals surface area contributed by atoms with Crippen molar-refractivity contribution in [2.24, 2.45) is 11.8 Å². The van der Waals surface area contributed by atoms with E-state index in [4.69, 9.17) is 28.9 Å². The van der Waals surface area contributed by atoms with Crippen LogP contribution < -0.4 is 20.1 Å². The molecule has 4 aliphatic rings. The summed E-state index contributed by atoms with van der Waals surface area (Å²) in [6, 6.07) is 11.0. The van der Waals surface area contributed by atoms with E-state index in [0.717, 1.165) is 87.8 Å². The maximum absolute atomic E-state index is 13.6. The highest BCUT2D eigenvalue weighted by Crippen LogP contribution is 2.45. The van der Waals surface area contributed by atoms with E-state index >= 15 is 0 Å². The number of rotatable bonds is 12. The van der Waals surface area contributed by atoms with Gasteiger partial charge in [-0.2, -0.15) is 0 Å². The lowest BCUT2D eigenvalue weighted by Crippen LogP contribution is -2.51. The van der Waals surface area contributed by atoms with E-state index in [-0.39, 0.29) is 41.8 Å². The molecule has 0 radical (unpaired) electrons. The first-order valence-electron chi connectivity index (χ1n) is 20.6. The third-order valence-electron chi connectivity index (χ3n) is 12.0. The summed E-state index contributed by atoms with van der Waals surface area (Å²) in [7, 11) is 2.91. The van der Waals surface area contributed by atoms with Crippen molar-refractivity contribution in [3.63, 3.8) is 0 Å². The molecular formula is C44H54N8O7. The number of aromatic nitrogens is 4. The Morgan fingerprint density at radius 3 is 1.71 bits per heavy atom. The number of imidazole rings is 2. The highest BCUT2D eigenvalue weighted by atomic mass is 16.5. The van der Waals surface area contributed by atoms with Crippen LogP contribution in [0.15, 0.2) is 48.8 Å². The van der Waals surface area contributed by atoms with E-state index in [1.54, 1.807) is 13.3 Å². The maximum Gasteiger partial charge on any atom is 0.407 e. The Bertz CT molecular complexity index is 2240. The van der Waals surface area contributed by atoms with E-state index in [9.17, 15) is 14.4 Å². The first-order valence-corrected chi connectivity index (χ1v) is 20.6. The molecule has 0 bridgehead atoms. The molecule has 6 heterocycles. The van der Waals surface area contributed by atoms with E-state index in [2.05, 4.69) is 44.9 Å². The molecule has 4 atom stereocenters. The van der Waals surface area contributed by atoms with Crippen LogP contribution in [-0.2, 0) is 19.1 Å². The Hall–Kier alpha value is -5.67. The predicted octanol–water partition coefficient (Wildman–Crippen LogP) is 6.09. The average Bonchev–Trinajstić information content (AvgIpc) is 4.09. The van der Waals surface area contributed by atoms with Gasteiger partial charge in [-0.25, -0.2) is 14.8 Å². The lowest BCUT2D eigenvalue weighted by Gasteiger charge is -2.30. The number of amides is 3. The Morgan fingerprint density at radius 1 is 0.763 bits per heavy atom. The molecular weight excluding hydrogens is 753 g/mol. The summed E-state index contributed by atoms with van der Waals surface area (Å²) in [5.41, 5.74) is 7.74. The number of benzene rings is 2. The largest absolute Gasteiger partial charge is 0.488 e. The van der Waals surface area contributed by atoms with Crippen LogP contribution in [-0.4, -0.2) is 107 Å². The summed E-state index contributed by atoms with van der Waals surface area (Å²) >= 11 is 0. The first-order chi connectivity index (χ1) is 28.6. The van der Waals surface area contributed by atoms with Gasteiger partial charge in [-0.15, -0.1) is 0 Å². The van der Waals surface area contributed by atoms with E-state index in [1.165, 1.54) is 7.11 Å². The summed E-state index contributed by atoms with van der Waals surface area (Å²) in [6.45, 7) is 10.3. The molecule has 3 amide bonds. The molecule has 312 valence electrons. The summed E-state index contributed by atoms with van der Waals surface area (Å²) < 4.78 is 22.8. The Kier molecular flexibility index (Phi) is 11.5. The number of ether oxygens (including phenoxy) is 4. The SMILES string of the molecule is COCNC(C(=O)N1CCCC1c1ncc(-c2ccc3c(c2)OCC2=C3COc3cc(-c4cnc(C5CCCN5C(=O)C(NC(=O)OC)C(C)C)[nH]4)ccc32)[nH]1)C(C)C. The van der Waals surface area contributed by atoms with Crippen molar-refractivity contribution in [3.8, 4) is 34.0 Å². The van der Waals surface area contributed by atoms with Crippen molar-refractivity contribution in [1.29, 1.82) is 0 Å². The number of hydrogen-bond donors (Lipinski definition) is 4. The van der Waals surface area contributed by atoms with E-state index in [1.807, 2.05) is 55.8 Å². The van der Waals surface area contributed by atoms with Crippen molar-refractivity contribution in [2.75, 3.05) is 47.3 Å². The van der Waals surface area contributed by atoms with Crippen molar-refractivity contribution in [3.05, 3.63) is 71.6 Å². The number of carbonyl (C=O) groups excluding carboxylic acids is 3. The minimum absolute atomic E-state index is 0.0700. The van der Waals surface area contributed by atoms with Gasteiger partial charge in [0.25, 0.3) is 0 Å². The molecule has 2 aromatic heterocycles. The number of carbonyl (C=O) groups is 3. The molecule has 2 fully saturated rings. The number of H-pyrrole nitrogens is 2. The highest BCUT2D eigenvalue weighted by molar-refractivity contribution is 5.98. The molecule has 4 aliphatic heterocycles. The van der Waals surface area contributed by atoms with Crippen molar-refractivity contribution in [1.82, 2.24) is 40.4 Å². The van der Waals surface area contributed by atoms with Crippen molar-refractivity contribution >= 4 is 29.1 Å². The second kappa shape index (κ2) is 16.9. The average molecular weight is 807 g/mol. The van der Waals surface area contributed by atoms with Crippen LogP contribution in [0, 0.1) is 11.8 Å². The molecule has 4 aromatic rings. The normalized spacial score (nSPS) is 19.5. The van der Waals surface area contributed by atoms with Gasteiger partial charge in [0.05, 0.1) is 55.7 Å². The molecule has 0 aliphatic carbocycles. The zero-order chi connectivity index (χ0) is 41.4. The summed E-state index contributed by atoms with van der Waals surface area (Å²) in [6.07, 6.45) is 6.39. The summed E-state index contributed by atoms with van der Waals surface area (Å²) in [5.74, 6) is 2.98. The van der Waals surface area contributed by atoms with Gasteiger partial charge < -0.3 is 44.0 Å². The monoisotopic (exact) mass is 806 g/mol. The van der Waals surface area contributed by atoms with E-state index in [0.29, 0.717) is 38.9 Å². The molecule has 2 aromatic carbocycles. The number of alkyl carbamates (subject to hydrolysis) is 1. The standard InChI is InChI=1S/C44H54N8O7/c1-24(2)38(47-23-56-5)42(53)51-15-7-9-34(51)40-45-19-32(48-40)26-11-13-28-30-22-59-37-18-27(12-14-29(37)31(30)21-58-36(28)17-26)33-20-46-41(49-33)35-10-8-16-52(35)43(54)39(25(3)4)50-44(55)57-6/h11-14,17-20,24-25,34-35,38-39,47H,7-10,15-16,21-23H2,1-6H3,(H,45,48)(H,46,49)(H,50,55). The van der Waals surface area contributed by atoms with Gasteiger partial charge in [0.15, 0.2) is 0 Å². The van der Waals surface area contributed by atoms with E-state index < -0.39 is 12.1 Å². The number of hydrogen-bond acceptors (Lipinski definition) is 10. The van der Waals surface area contributed by atoms with Gasteiger partial charge in [0.2, 0.25) is 11.8 Å². The third kappa shape index (κ3) is 7.80. The molecule has 0 spiro atoms. The zero-order valence-electron chi connectivity index (χ0n) is 34.6. The number of aromatic amines is 2. The minimum Gasteiger partial charge on any atom is -0.488 e. The minimum atomic E-state index is -0.697. The second-order valence-corrected chi connectivity index (χ2v) is 16.4. The van der Waals surface area contributed by atoms with Gasteiger partial charge in [0, 0.05) is 53.6 Å². The number of nitrogens with zero attached hydrogens (tertiary/aromatic N) is 4. The van der Waals surface area contributed by atoms with Crippen molar-refractivity contribution < 1.29 is 33.3 Å². The quantitative estimate of drug-likeness (QED) is 0.123. The molecule has 15 nitrogen and oxygen atoms in total. The van der Waals surface area contributed by atoms with Crippen LogP contribution in [0.2, 0.25) is 0 Å². The van der Waals surface area contributed by atoms with Gasteiger partial charge in [0.1, 0.15) is 42.4 Å². The Balaban J connectivity index is 0.971. The fourth-order valence-corrected chi connectivity index (χ4v) is 8.84. The molecule has 15 heteroatoms. The molecule has 4 unspecified atom stereocenters. The first kappa shape index (κ1) is 40.1. The molecule has 4 N–H and O–H groups in total. The number of fused-ring (bicyclic) bond motifs is 4. The van der Waals surface area contributed by atoms with Crippen LogP contribution in [0.25, 0.3) is 33.7 Å². The molecule has 2 saturated heterocycles. The number of nitrogens with one attached hydrogen (secondary N) is 4. The zero-order valence-corrected chi connectivity index (χ0v) is 34.6. The van der Waals surface area contributed by atoms with Crippen LogP contribution in [0.4, 0.5) is 4.79 Å².